The molecule has 0 spiro atoms. The monoisotopic (exact) mass is 218 g/mol. The van der Waals surface area contributed by atoms with Crippen molar-refractivity contribution in [3.05, 3.63) is 33.8 Å². The summed E-state index contributed by atoms with van der Waals surface area (Å²) in [5.41, 5.74) is 5.58. The summed E-state index contributed by atoms with van der Waals surface area (Å²) >= 11 is 11.7. The molecule has 1 aromatic rings. The van der Waals surface area contributed by atoms with Crippen LogP contribution >= 0.6 is 23.2 Å². The van der Waals surface area contributed by atoms with Gasteiger partial charge in [-0.3, -0.25) is 0 Å². The highest BCUT2D eigenvalue weighted by Gasteiger charge is 2.04. The molecule has 0 atom stereocenters. The van der Waals surface area contributed by atoms with Crippen molar-refractivity contribution in [3.8, 4) is 0 Å². The summed E-state index contributed by atoms with van der Waals surface area (Å²) in [5.74, 6) is 0. The molecule has 0 aliphatic rings. The highest BCUT2D eigenvalue weighted by atomic mass is 35.5. The Labute approximate surface area is 85.8 Å². The van der Waals surface area contributed by atoms with E-state index in [0.717, 1.165) is 0 Å². The first-order chi connectivity index (χ1) is 6.11. The number of primary amides is 1. The van der Waals surface area contributed by atoms with Gasteiger partial charge in [-0.05, 0) is 12.1 Å². The summed E-state index contributed by atoms with van der Waals surface area (Å²) in [4.78, 5) is 10.4. The second-order valence-corrected chi connectivity index (χ2v) is 3.23. The van der Waals surface area contributed by atoms with Gasteiger partial charge < -0.3 is 11.1 Å². The van der Waals surface area contributed by atoms with Crippen LogP contribution in [0, 0.1) is 0 Å². The van der Waals surface area contributed by atoms with Crippen LogP contribution in [0.5, 0.6) is 0 Å². The van der Waals surface area contributed by atoms with Gasteiger partial charge in [0.15, 0.2) is 0 Å². The predicted octanol–water partition coefficient (Wildman–Crippen LogP) is 2.16. The molecule has 3 N–H and O–H groups in total. The fourth-order valence-corrected chi connectivity index (χ4v) is 1.41. The SMILES string of the molecule is NC(=O)NCc1c(Cl)cccc1Cl. The van der Waals surface area contributed by atoms with Crippen LogP contribution in [0.1, 0.15) is 5.56 Å². The Kier molecular flexibility index (Phi) is 3.39. The second-order valence-electron chi connectivity index (χ2n) is 2.42. The Morgan fingerprint density at radius 2 is 1.92 bits per heavy atom. The van der Waals surface area contributed by atoms with Gasteiger partial charge in [-0.15, -0.1) is 0 Å². The van der Waals surface area contributed by atoms with E-state index < -0.39 is 6.03 Å². The van der Waals surface area contributed by atoms with E-state index in [2.05, 4.69) is 5.32 Å². The minimum Gasteiger partial charge on any atom is -0.352 e. The van der Waals surface area contributed by atoms with Crippen molar-refractivity contribution in [1.29, 1.82) is 0 Å². The molecule has 0 fully saturated rings. The molecule has 13 heavy (non-hydrogen) atoms. The summed E-state index contributed by atoms with van der Waals surface area (Å²) < 4.78 is 0. The third-order valence-corrected chi connectivity index (χ3v) is 2.21. The lowest BCUT2D eigenvalue weighted by Crippen LogP contribution is -2.28. The number of nitrogens with two attached hydrogens (primary N) is 1. The molecule has 0 saturated heterocycles. The molecule has 1 rings (SSSR count). The van der Waals surface area contributed by atoms with Crippen molar-refractivity contribution in [1.82, 2.24) is 5.32 Å². The second kappa shape index (κ2) is 4.35. The van der Waals surface area contributed by atoms with Gasteiger partial charge in [-0.1, -0.05) is 29.3 Å². The fourth-order valence-electron chi connectivity index (χ4n) is 0.877. The molecule has 2 amide bonds. The summed E-state index contributed by atoms with van der Waals surface area (Å²) in [5, 5.41) is 3.44. The lowest BCUT2D eigenvalue weighted by Gasteiger charge is -2.06. The first-order valence-electron chi connectivity index (χ1n) is 3.57. The van der Waals surface area contributed by atoms with E-state index >= 15 is 0 Å². The lowest BCUT2D eigenvalue weighted by molar-refractivity contribution is 0.248. The van der Waals surface area contributed by atoms with Gasteiger partial charge in [-0.2, -0.15) is 0 Å². The van der Waals surface area contributed by atoms with Crippen LogP contribution in [-0.4, -0.2) is 6.03 Å². The number of nitrogens with one attached hydrogen (secondary N) is 1. The van der Waals surface area contributed by atoms with Crippen molar-refractivity contribution >= 4 is 29.2 Å². The number of urea groups is 1. The Morgan fingerprint density at radius 3 is 2.38 bits per heavy atom. The third kappa shape index (κ3) is 2.79. The van der Waals surface area contributed by atoms with Crippen molar-refractivity contribution in [3.63, 3.8) is 0 Å². The maximum absolute atomic E-state index is 10.4. The van der Waals surface area contributed by atoms with Crippen LogP contribution in [0.25, 0.3) is 0 Å². The van der Waals surface area contributed by atoms with E-state index in [9.17, 15) is 4.79 Å². The molecule has 0 saturated carbocycles. The van der Waals surface area contributed by atoms with E-state index in [1.807, 2.05) is 0 Å². The van der Waals surface area contributed by atoms with Crippen molar-refractivity contribution < 1.29 is 4.79 Å². The first-order valence-corrected chi connectivity index (χ1v) is 4.33. The third-order valence-electron chi connectivity index (χ3n) is 1.50. The summed E-state index contributed by atoms with van der Waals surface area (Å²) in [7, 11) is 0. The van der Waals surface area contributed by atoms with Crippen LogP contribution in [0.3, 0.4) is 0 Å². The Hall–Kier alpha value is -0.930. The van der Waals surface area contributed by atoms with Crippen LogP contribution in [0.4, 0.5) is 4.79 Å². The highest BCUT2D eigenvalue weighted by Crippen LogP contribution is 2.23. The van der Waals surface area contributed by atoms with Crippen LogP contribution in [-0.2, 0) is 6.54 Å². The zero-order chi connectivity index (χ0) is 9.84. The first kappa shape index (κ1) is 10.2. The highest BCUT2D eigenvalue weighted by molar-refractivity contribution is 6.35. The molecule has 0 aliphatic heterocycles. The molecule has 0 unspecified atom stereocenters. The molecule has 0 radical (unpaired) electrons. The van der Waals surface area contributed by atoms with Crippen molar-refractivity contribution in [2.24, 2.45) is 5.73 Å². The van der Waals surface area contributed by atoms with E-state index in [-0.39, 0.29) is 6.54 Å². The zero-order valence-electron chi connectivity index (χ0n) is 6.68. The number of carbonyl (C=O) groups excluding carboxylic acids is 1. The molecule has 70 valence electrons. The van der Waals surface area contributed by atoms with Crippen molar-refractivity contribution in [2.75, 3.05) is 0 Å². The van der Waals surface area contributed by atoms with Gasteiger partial charge in [0.2, 0.25) is 0 Å². The minimum absolute atomic E-state index is 0.244. The molecule has 1 aromatic carbocycles. The molecule has 3 nitrogen and oxygen atoms in total. The molecular weight excluding hydrogens is 211 g/mol. The standard InChI is InChI=1S/C8H8Cl2N2O/c9-6-2-1-3-7(10)5(6)4-12-8(11)13/h1-3H,4H2,(H3,11,12,13). The normalized spacial score (nSPS) is 9.69. The van der Waals surface area contributed by atoms with E-state index in [4.69, 9.17) is 28.9 Å². The number of benzene rings is 1. The minimum atomic E-state index is -0.601. The number of rotatable bonds is 2. The number of amides is 2. The molecule has 0 bridgehead atoms. The predicted molar refractivity (Wildman–Crippen MR) is 52.9 cm³/mol. The van der Waals surface area contributed by atoms with Gasteiger partial charge in [0.1, 0.15) is 0 Å². The van der Waals surface area contributed by atoms with Gasteiger partial charge in [0.05, 0.1) is 0 Å². The maximum atomic E-state index is 10.4. The van der Waals surface area contributed by atoms with Crippen molar-refractivity contribution in [2.45, 2.75) is 6.54 Å². The number of carbonyl (C=O) groups is 1. The topological polar surface area (TPSA) is 55.1 Å². The van der Waals surface area contributed by atoms with Gasteiger partial charge in [0, 0.05) is 22.2 Å². The van der Waals surface area contributed by atoms with E-state index in [0.29, 0.717) is 15.6 Å². The Bertz CT molecular complexity index is 308. The quantitative estimate of drug-likeness (QED) is 0.786. The zero-order valence-corrected chi connectivity index (χ0v) is 8.19. The Balaban J connectivity index is 2.81. The largest absolute Gasteiger partial charge is 0.352 e. The number of halogens is 2. The van der Waals surface area contributed by atoms with Crippen LogP contribution in [0.2, 0.25) is 10.0 Å². The Morgan fingerprint density at radius 1 is 1.38 bits per heavy atom. The number of hydrogen-bond donors (Lipinski definition) is 2. The number of hydrogen-bond acceptors (Lipinski definition) is 1. The van der Waals surface area contributed by atoms with E-state index in [1.54, 1.807) is 18.2 Å². The summed E-state index contributed by atoms with van der Waals surface area (Å²) in [6, 6.07) is 4.53. The average Bonchev–Trinajstić information content (AvgIpc) is 2.03. The molecule has 0 heterocycles. The molecule has 0 aliphatic carbocycles. The summed E-state index contributed by atoms with van der Waals surface area (Å²) in [6.07, 6.45) is 0. The van der Waals surface area contributed by atoms with Crippen LogP contribution in [0.15, 0.2) is 18.2 Å². The van der Waals surface area contributed by atoms with Crippen LogP contribution < -0.4 is 11.1 Å². The summed E-state index contributed by atoms with van der Waals surface area (Å²) in [6.45, 7) is 0.244. The van der Waals surface area contributed by atoms with E-state index in [1.165, 1.54) is 0 Å². The molecule has 5 heteroatoms. The van der Waals surface area contributed by atoms with Gasteiger partial charge in [0.25, 0.3) is 0 Å². The maximum Gasteiger partial charge on any atom is 0.312 e. The molecular formula is C8H8Cl2N2O. The average molecular weight is 219 g/mol. The molecule has 0 aromatic heterocycles. The fraction of sp³-hybridized carbons (Fsp3) is 0.125. The van der Waals surface area contributed by atoms with Gasteiger partial charge >= 0.3 is 6.03 Å². The van der Waals surface area contributed by atoms with Gasteiger partial charge in [-0.25, -0.2) is 4.79 Å². The smallest absolute Gasteiger partial charge is 0.312 e. The lowest BCUT2D eigenvalue weighted by atomic mass is 10.2.